The van der Waals surface area contributed by atoms with Gasteiger partial charge in [0.15, 0.2) is 0 Å². The van der Waals surface area contributed by atoms with Crippen molar-refractivity contribution in [3.05, 3.63) is 40.8 Å². The molecule has 1 aromatic carbocycles. The number of methoxy groups -OCH3 is 1. The van der Waals surface area contributed by atoms with Crippen molar-refractivity contribution in [2.24, 2.45) is 0 Å². The zero-order valence-electron chi connectivity index (χ0n) is 10.9. The Labute approximate surface area is 112 Å². The Morgan fingerprint density at radius 1 is 1.22 bits per heavy atom. The molecule has 0 aliphatic heterocycles. The summed E-state index contributed by atoms with van der Waals surface area (Å²) in [5, 5.41) is 9.11. The molecule has 0 aliphatic rings. The average Bonchev–Trinajstić information content (AvgIpc) is 2.86. The fourth-order valence-electron chi connectivity index (χ4n) is 1.96. The highest BCUT2D eigenvalue weighted by Gasteiger charge is 2.10. The molecule has 0 radical (unpaired) electrons. The molecule has 0 unspecified atom stereocenters. The van der Waals surface area contributed by atoms with E-state index < -0.39 is 0 Å². The average molecular weight is 262 g/mol. The van der Waals surface area contributed by atoms with Crippen molar-refractivity contribution < 1.29 is 9.84 Å². The van der Waals surface area contributed by atoms with Crippen LogP contribution in [0.1, 0.15) is 30.2 Å². The quantitative estimate of drug-likeness (QED) is 0.901. The molecule has 0 aliphatic carbocycles. The lowest BCUT2D eigenvalue weighted by Gasteiger charge is -2.13. The molecule has 0 fully saturated rings. The van der Waals surface area contributed by atoms with E-state index in [0.29, 0.717) is 5.92 Å². The highest BCUT2D eigenvalue weighted by Crippen LogP contribution is 2.34. The van der Waals surface area contributed by atoms with E-state index in [0.717, 1.165) is 10.6 Å². The van der Waals surface area contributed by atoms with Crippen LogP contribution in [-0.4, -0.2) is 12.2 Å². The first kappa shape index (κ1) is 13.1. The second-order valence-electron chi connectivity index (χ2n) is 4.54. The largest absolute Gasteiger partial charge is 0.496 e. The van der Waals surface area contributed by atoms with Crippen LogP contribution in [0.5, 0.6) is 5.75 Å². The van der Waals surface area contributed by atoms with E-state index in [-0.39, 0.29) is 6.61 Å². The maximum atomic E-state index is 9.11. The Morgan fingerprint density at radius 2 is 2.00 bits per heavy atom. The predicted octanol–water partition coefficient (Wildman–Crippen LogP) is 4.04. The van der Waals surface area contributed by atoms with Gasteiger partial charge in [0.1, 0.15) is 5.75 Å². The van der Waals surface area contributed by atoms with Gasteiger partial charge in [-0.15, -0.1) is 11.3 Å². The van der Waals surface area contributed by atoms with Gasteiger partial charge in [-0.25, -0.2) is 0 Å². The number of rotatable bonds is 4. The molecule has 0 spiro atoms. The standard InChI is InChI=1S/C15H18O2S/c1-10(2)13-8-11(4-6-14(13)17-3)15-7-5-12(9-16)18-15/h4-8,10,16H,9H2,1-3H3. The van der Waals surface area contributed by atoms with Crippen LogP contribution >= 0.6 is 11.3 Å². The summed E-state index contributed by atoms with van der Waals surface area (Å²) in [6, 6.07) is 10.3. The molecule has 2 aromatic rings. The van der Waals surface area contributed by atoms with Crippen molar-refractivity contribution in [2.45, 2.75) is 26.4 Å². The van der Waals surface area contributed by atoms with Gasteiger partial charge in [0, 0.05) is 9.75 Å². The lowest BCUT2D eigenvalue weighted by atomic mass is 9.99. The summed E-state index contributed by atoms with van der Waals surface area (Å²) in [7, 11) is 1.70. The van der Waals surface area contributed by atoms with Gasteiger partial charge >= 0.3 is 0 Å². The molecule has 96 valence electrons. The number of hydrogen-bond acceptors (Lipinski definition) is 3. The predicted molar refractivity (Wildman–Crippen MR) is 76.3 cm³/mol. The maximum absolute atomic E-state index is 9.11. The van der Waals surface area contributed by atoms with Crippen molar-refractivity contribution in [2.75, 3.05) is 7.11 Å². The maximum Gasteiger partial charge on any atom is 0.122 e. The van der Waals surface area contributed by atoms with E-state index in [4.69, 9.17) is 9.84 Å². The second kappa shape index (κ2) is 5.55. The molecule has 1 N–H and O–H groups in total. The van der Waals surface area contributed by atoms with E-state index >= 15 is 0 Å². The number of thiophene rings is 1. The van der Waals surface area contributed by atoms with Crippen LogP contribution < -0.4 is 4.74 Å². The summed E-state index contributed by atoms with van der Waals surface area (Å²) in [4.78, 5) is 2.18. The summed E-state index contributed by atoms with van der Waals surface area (Å²) in [5.41, 5.74) is 2.40. The van der Waals surface area contributed by atoms with Crippen LogP contribution in [0.25, 0.3) is 10.4 Å². The van der Waals surface area contributed by atoms with E-state index in [9.17, 15) is 0 Å². The molecule has 0 amide bonds. The number of benzene rings is 1. The second-order valence-corrected chi connectivity index (χ2v) is 5.70. The van der Waals surface area contributed by atoms with Gasteiger partial charge in [-0.2, -0.15) is 0 Å². The van der Waals surface area contributed by atoms with Gasteiger partial charge in [-0.05, 0) is 47.4 Å². The first-order valence-electron chi connectivity index (χ1n) is 6.03. The zero-order valence-corrected chi connectivity index (χ0v) is 11.8. The lowest BCUT2D eigenvalue weighted by molar-refractivity contribution is 0.285. The fourth-order valence-corrected chi connectivity index (χ4v) is 2.82. The van der Waals surface area contributed by atoms with E-state index in [1.165, 1.54) is 16.0 Å². The molecule has 1 heterocycles. The zero-order chi connectivity index (χ0) is 13.1. The monoisotopic (exact) mass is 262 g/mol. The third kappa shape index (κ3) is 2.57. The molecule has 0 atom stereocenters. The van der Waals surface area contributed by atoms with Gasteiger partial charge in [0.25, 0.3) is 0 Å². The van der Waals surface area contributed by atoms with Crippen LogP contribution in [0.3, 0.4) is 0 Å². The van der Waals surface area contributed by atoms with Crippen molar-refractivity contribution in [1.82, 2.24) is 0 Å². The molecular formula is C15H18O2S. The van der Waals surface area contributed by atoms with Crippen molar-refractivity contribution in [1.29, 1.82) is 0 Å². The minimum atomic E-state index is 0.109. The van der Waals surface area contributed by atoms with Crippen LogP contribution in [-0.2, 0) is 6.61 Å². The first-order chi connectivity index (χ1) is 8.65. The molecule has 0 saturated heterocycles. The van der Waals surface area contributed by atoms with Crippen molar-refractivity contribution >= 4 is 11.3 Å². The molecular weight excluding hydrogens is 244 g/mol. The number of ether oxygens (including phenoxy) is 1. The minimum Gasteiger partial charge on any atom is -0.496 e. The van der Waals surface area contributed by atoms with Gasteiger partial charge in [0.05, 0.1) is 13.7 Å². The van der Waals surface area contributed by atoms with Gasteiger partial charge in [-0.1, -0.05) is 13.8 Å². The topological polar surface area (TPSA) is 29.5 Å². The van der Waals surface area contributed by atoms with Crippen LogP contribution in [0.15, 0.2) is 30.3 Å². The third-order valence-electron chi connectivity index (χ3n) is 2.95. The van der Waals surface area contributed by atoms with Crippen molar-refractivity contribution in [3.63, 3.8) is 0 Å². The van der Waals surface area contributed by atoms with Gasteiger partial charge in [-0.3, -0.25) is 0 Å². The molecule has 18 heavy (non-hydrogen) atoms. The number of aliphatic hydroxyl groups is 1. The highest BCUT2D eigenvalue weighted by atomic mass is 32.1. The van der Waals surface area contributed by atoms with Crippen LogP contribution in [0.2, 0.25) is 0 Å². The fraction of sp³-hybridized carbons (Fsp3) is 0.333. The molecule has 1 aromatic heterocycles. The van der Waals surface area contributed by atoms with Gasteiger partial charge < -0.3 is 9.84 Å². The summed E-state index contributed by atoms with van der Waals surface area (Å²) in [6.45, 7) is 4.43. The third-order valence-corrected chi connectivity index (χ3v) is 4.07. The molecule has 0 bridgehead atoms. The van der Waals surface area contributed by atoms with Crippen LogP contribution in [0.4, 0.5) is 0 Å². The highest BCUT2D eigenvalue weighted by molar-refractivity contribution is 7.15. The van der Waals surface area contributed by atoms with E-state index in [2.05, 4.69) is 32.0 Å². The Morgan fingerprint density at radius 3 is 2.56 bits per heavy atom. The van der Waals surface area contributed by atoms with E-state index in [1.54, 1.807) is 18.4 Å². The van der Waals surface area contributed by atoms with Crippen LogP contribution in [0, 0.1) is 0 Å². The smallest absolute Gasteiger partial charge is 0.122 e. The van der Waals surface area contributed by atoms with Crippen molar-refractivity contribution in [3.8, 4) is 16.2 Å². The Bertz CT molecular complexity index is 529. The number of hydrogen-bond donors (Lipinski definition) is 1. The minimum absolute atomic E-state index is 0.109. The normalized spacial score (nSPS) is 10.9. The Kier molecular flexibility index (Phi) is 4.04. The van der Waals surface area contributed by atoms with Gasteiger partial charge in [0.2, 0.25) is 0 Å². The number of aliphatic hydroxyl groups excluding tert-OH is 1. The summed E-state index contributed by atoms with van der Waals surface area (Å²) >= 11 is 1.63. The first-order valence-corrected chi connectivity index (χ1v) is 6.85. The Hall–Kier alpha value is -1.32. The molecule has 2 rings (SSSR count). The molecule has 0 saturated carbocycles. The SMILES string of the molecule is COc1ccc(-c2ccc(CO)s2)cc1C(C)C. The molecule has 2 nitrogen and oxygen atoms in total. The summed E-state index contributed by atoms with van der Waals surface area (Å²) < 4.78 is 5.39. The summed E-state index contributed by atoms with van der Waals surface area (Å²) in [6.07, 6.45) is 0. The van der Waals surface area contributed by atoms with E-state index in [1.807, 2.05) is 12.1 Å². The summed E-state index contributed by atoms with van der Waals surface area (Å²) in [5.74, 6) is 1.37. The molecule has 3 heteroatoms. The Balaban J connectivity index is 2.42. The lowest BCUT2D eigenvalue weighted by Crippen LogP contribution is -1.94.